The zero-order valence-corrected chi connectivity index (χ0v) is 14.3. The average Bonchev–Trinajstić information content (AvgIpc) is 2.47. The molecule has 0 spiro atoms. The van der Waals surface area contributed by atoms with E-state index in [0.29, 0.717) is 11.4 Å². The smallest absolute Gasteiger partial charge is 0.124 e. The molecule has 3 N–H and O–H groups in total. The van der Waals surface area contributed by atoms with Crippen LogP contribution >= 0.6 is 39.3 Å². The fraction of sp³-hybridized carbons (Fsp3) is 0.200. The summed E-state index contributed by atoms with van der Waals surface area (Å²) in [4.78, 5) is 1.17. The minimum atomic E-state index is -0.328. The summed E-state index contributed by atoms with van der Waals surface area (Å²) in [5, 5.41) is 0.434. The van der Waals surface area contributed by atoms with Crippen molar-refractivity contribution in [1.29, 1.82) is 0 Å². The number of nitrogens with one attached hydrogen (secondary N) is 1. The lowest BCUT2D eigenvalue weighted by atomic mass is 10.1. The minimum Gasteiger partial charge on any atom is -0.271 e. The number of hydrazine groups is 1. The number of hydrogen-bond acceptors (Lipinski definition) is 3. The van der Waals surface area contributed by atoms with Crippen molar-refractivity contribution in [3.63, 3.8) is 0 Å². The second kappa shape index (κ2) is 8.15. The second-order valence-corrected chi connectivity index (χ2v) is 6.98. The Morgan fingerprint density at radius 1 is 1.24 bits per heavy atom. The van der Waals surface area contributed by atoms with Crippen molar-refractivity contribution in [2.75, 3.05) is 5.75 Å². The Morgan fingerprint density at radius 3 is 2.57 bits per heavy atom. The minimum absolute atomic E-state index is 0.0570. The number of benzene rings is 2. The van der Waals surface area contributed by atoms with Crippen molar-refractivity contribution in [1.82, 2.24) is 5.43 Å². The van der Waals surface area contributed by atoms with Crippen LogP contribution in [0.15, 0.2) is 51.8 Å². The van der Waals surface area contributed by atoms with Gasteiger partial charge in [-0.25, -0.2) is 4.39 Å². The molecule has 0 fully saturated rings. The Bertz CT molecular complexity index is 595. The quantitative estimate of drug-likeness (QED) is 0.437. The van der Waals surface area contributed by atoms with E-state index in [1.54, 1.807) is 17.8 Å². The molecule has 1 unspecified atom stereocenters. The molecule has 0 radical (unpaired) electrons. The van der Waals surface area contributed by atoms with Gasteiger partial charge in [0.1, 0.15) is 5.82 Å². The molecule has 2 aromatic carbocycles. The molecule has 0 aliphatic carbocycles. The lowest BCUT2D eigenvalue weighted by Crippen LogP contribution is -2.38. The number of thioether (sulfide) groups is 1. The molecule has 0 bridgehead atoms. The maximum absolute atomic E-state index is 13.0. The molecule has 1 atom stereocenters. The second-order valence-electron chi connectivity index (χ2n) is 4.57. The molecule has 0 aromatic heterocycles. The highest BCUT2D eigenvalue weighted by atomic mass is 79.9. The van der Waals surface area contributed by atoms with Gasteiger partial charge >= 0.3 is 0 Å². The lowest BCUT2D eigenvalue weighted by molar-refractivity contribution is 0.574. The van der Waals surface area contributed by atoms with Crippen LogP contribution in [0.1, 0.15) is 5.56 Å². The average molecular weight is 390 g/mol. The molecule has 0 saturated heterocycles. The molecule has 6 heteroatoms. The van der Waals surface area contributed by atoms with Crippen LogP contribution in [0.3, 0.4) is 0 Å². The topological polar surface area (TPSA) is 38.0 Å². The monoisotopic (exact) mass is 388 g/mol. The summed E-state index contributed by atoms with van der Waals surface area (Å²) < 4.78 is 14.1. The first-order valence-electron chi connectivity index (χ1n) is 6.37. The third kappa shape index (κ3) is 5.27. The van der Waals surface area contributed by atoms with E-state index in [2.05, 4.69) is 21.4 Å². The van der Waals surface area contributed by atoms with E-state index in [1.807, 2.05) is 24.3 Å². The van der Waals surface area contributed by atoms with Crippen molar-refractivity contribution in [2.24, 2.45) is 5.84 Å². The van der Waals surface area contributed by atoms with Gasteiger partial charge in [0.05, 0.1) is 0 Å². The molecule has 0 aliphatic heterocycles. The zero-order valence-electron chi connectivity index (χ0n) is 11.2. The summed E-state index contributed by atoms with van der Waals surface area (Å²) in [5.74, 6) is 6.07. The molecule has 21 heavy (non-hydrogen) atoms. The van der Waals surface area contributed by atoms with Crippen molar-refractivity contribution in [3.8, 4) is 0 Å². The first-order valence-corrected chi connectivity index (χ1v) is 8.52. The van der Waals surface area contributed by atoms with Crippen LogP contribution in [0.5, 0.6) is 0 Å². The summed E-state index contributed by atoms with van der Waals surface area (Å²) >= 11 is 11.2. The van der Waals surface area contributed by atoms with E-state index in [9.17, 15) is 4.39 Å². The molecule has 112 valence electrons. The van der Waals surface area contributed by atoms with Gasteiger partial charge in [-0.3, -0.25) is 11.3 Å². The van der Waals surface area contributed by atoms with Crippen LogP contribution in [0, 0.1) is 5.82 Å². The van der Waals surface area contributed by atoms with E-state index in [-0.39, 0.29) is 11.9 Å². The molecular formula is C15H15BrClFN2S. The van der Waals surface area contributed by atoms with Gasteiger partial charge in [0.25, 0.3) is 0 Å². The van der Waals surface area contributed by atoms with Crippen LogP contribution in [0.4, 0.5) is 4.39 Å². The van der Waals surface area contributed by atoms with Crippen molar-refractivity contribution < 1.29 is 4.39 Å². The summed E-state index contributed by atoms with van der Waals surface area (Å²) in [7, 11) is 0. The van der Waals surface area contributed by atoms with Gasteiger partial charge in [-0.1, -0.05) is 33.6 Å². The normalized spacial score (nSPS) is 12.4. The van der Waals surface area contributed by atoms with Crippen molar-refractivity contribution in [3.05, 3.63) is 63.3 Å². The van der Waals surface area contributed by atoms with Crippen LogP contribution in [0.2, 0.25) is 5.02 Å². The van der Waals surface area contributed by atoms with Gasteiger partial charge in [0.2, 0.25) is 0 Å². The Balaban J connectivity index is 1.95. The van der Waals surface area contributed by atoms with Crippen LogP contribution < -0.4 is 11.3 Å². The van der Waals surface area contributed by atoms with Gasteiger partial charge in [-0.05, 0) is 48.4 Å². The molecule has 0 saturated carbocycles. The van der Waals surface area contributed by atoms with Gasteiger partial charge < -0.3 is 0 Å². The van der Waals surface area contributed by atoms with E-state index in [0.717, 1.165) is 15.8 Å². The predicted octanol–water partition coefficient (Wildman–Crippen LogP) is 4.41. The van der Waals surface area contributed by atoms with Crippen molar-refractivity contribution >= 4 is 39.3 Å². The summed E-state index contributed by atoms with van der Waals surface area (Å²) in [6.45, 7) is 0. The fourth-order valence-corrected chi connectivity index (χ4v) is 3.29. The maximum atomic E-state index is 13.0. The van der Waals surface area contributed by atoms with Gasteiger partial charge in [-0.15, -0.1) is 11.8 Å². The molecule has 0 aliphatic rings. The number of halogens is 3. The zero-order chi connectivity index (χ0) is 15.2. The van der Waals surface area contributed by atoms with E-state index >= 15 is 0 Å². The molecule has 2 nitrogen and oxygen atoms in total. The fourth-order valence-electron chi connectivity index (χ4n) is 1.85. The Kier molecular flexibility index (Phi) is 6.51. The lowest BCUT2D eigenvalue weighted by Gasteiger charge is -2.16. The number of rotatable bonds is 6. The summed E-state index contributed by atoms with van der Waals surface area (Å²) in [6, 6.07) is 12.6. The Hall–Kier alpha value is -0.590. The summed E-state index contributed by atoms with van der Waals surface area (Å²) in [5.41, 5.74) is 3.68. The van der Waals surface area contributed by atoms with Crippen LogP contribution in [-0.2, 0) is 6.42 Å². The largest absolute Gasteiger partial charge is 0.271 e. The van der Waals surface area contributed by atoms with Crippen molar-refractivity contribution in [2.45, 2.75) is 17.4 Å². The number of hydrogen-bond donors (Lipinski definition) is 2. The highest BCUT2D eigenvalue weighted by Crippen LogP contribution is 2.24. The van der Waals surface area contributed by atoms with Gasteiger partial charge in [0, 0.05) is 26.2 Å². The molecular weight excluding hydrogens is 375 g/mol. The first kappa shape index (κ1) is 16.8. The van der Waals surface area contributed by atoms with Gasteiger partial charge in [-0.2, -0.15) is 0 Å². The Labute approximate surface area is 141 Å². The predicted molar refractivity (Wildman–Crippen MR) is 91.1 cm³/mol. The number of nitrogens with two attached hydrogens (primary N) is 1. The third-order valence-electron chi connectivity index (χ3n) is 2.98. The molecule has 2 rings (SSSR count). The molecule has 2 aromatic rings. The summed E-state index contributed by atoms with van der Waals surface area (Å²) in [6.07, 6.45) is 0.652. The Morgan fingerprint density at radius 2 is 1.95 bits per heavy atom. The maximum Gasteiger partial charge on any atom is 0.124 e. The van der Waals surface area contributed by atoms with Gasteiger partial charge in [0.15, 0.2) is 0 Å². The van der Waals surface area contributed by atoms with E-state index in [4.69, 9.17) is 17.4 Å². The molecule has 0 amide bonds. The SMILES string of the molecule is NNC(CSc1ccc(Br)cc1)Cc1ccc(F)cc1Cl. The first-order chi connectivity index (χ1) is 10.1. The standard InChI is InChI=1S/C15H15BrClFN2S/c16-11-2-5-14(6-3-11)21-9-13(20-19)7-10-1-4-12(18)8-15(10)17/h1-6,8,13,20H,7,9,19H2. The van der Waals surface area contributed by atoms with Crippen LogP contribution in [-0.4, -0.2) is 11.8 Å². The van der Waals surface area contributed by atoms with E-state index in [1.165, 1.54) is 17.0 Å². The van der Waals surface area contributed by atoms with Crippen LogP contribution in [0.25, 0.3) is 0 Å². The highest BCUT2D eigenvalue weighted by Gasteiger charge is 2.11. The third-order valence-corrected chi connectivity index (χ3v) is 5.04. The highest BCUT2D eigenvalue weighted by molar-refractivity contribution is 9.10. The van der Waals surface area contributed by atoms with E-state index < -0.39 is 0 Å². The molecule has 0 heterocycles.